The van der Waals surface area contributed by atoms with Crippen LogP contribution >= 0.6 is 0 Å². The minimum Gasteiger partial charge on any atom is -0.408 e. The highest BCUT2D eigenvalue weighted by Gasteiger charge is 2.59. The van der Waals surface area contributed by atoms with Crippen molar-refractivity contribution < 1.29 is 18.7 Å². The molecule has 5 rings (SSSR count). The Balaban J connectivity index is 1.31. The van der Waals surface area contributed by atoms with Crippen LogP contribution in [-0.4, -0.2) is 73.6 Å². The van der Waals surface area contributed by atoms with Crippen molar-refractivity contribution in [2.24, 2.45) is 23.2 Å². The first kappa shape index (κ1) is 16.5. The second-order valence-electron chi connectivity index (χ2n) is 8.33. The van der Waals surface area contributed by atoms with Crippen molar-refractivity contribution in [1.29, 1.82) is 0 Å². The van der Waals surface area contributed by atoms with E-state index in [1.165, 1.54) is 0 Å². The molecule has 3 aliphatic heterocycles. The van der Waals surface area contributed by atoms with Crippen LogP contribution in [0.5, 0.6) is 0 Å². The third-order valence-corrected chi connectivity index (χ3v) is 6.44. The van der Waals surface area contributed by atoms with Crippen LogP contribution in [0, 0.1) is 30.1 Å². The van der Waals surface area contributed by atoms with E-state index in [2.05, 4.69) is 20.0 Å². The van der Waals surface area contributed by atoms with Gasteiger partial charge in [-0.1, -0.05) is 5.10 Å². The lowest BCUT2D eigenvalue weighted by Gasteiger charge is -2.43. The Morgan fingerprint density at radius 2 is 2.00 bits per heavy atom. The molecule has 1 aliphatic carbocycles. The maximum Gasteiger partial charge on any atom is 0.318 e. The van der Waals surface area contributed by atoms with Crippen molar-refractivity contribution in [1.82, 2.24) is 15.1 Å². The van der Waals surface area contributed by atoms with Crippen LogP contribution in [0.3, 0.4) is 0 Å². The highest BCUT2D eigenvalue weighted by atomic mass is 16.5. The number of carbonyl (C=O) groups is 1. The Bertz CT molecular complexity index is 684. The van der Waals surface area contributed by atoms with Gasteiger partial charge in [0.2, 0.25) is 11.8 Å². The molecule has 1 aromatic rings. The van der Waals surface area contributed by atoms with Crippen molar-refractivity contribution in [2.45, 2.75) is 19.8 Å². The summed E-state index contributed by atoms with van der Waals surface area (Å²) in [5, 5.41) is 8.14. The normalized spacial score (nSPS) is 36.9. The van der Waals surface area contributed by atoms with Gasteiger partial charge in [0.15, 0.2) is 0 Å². The summed E-state index contributed by atoms with van der Waals surface area (Å²) in [4.78, 5) is 17.2. The predicted molar refractivity (Wildman–Crippen MR) is 91.6 cm³/mol. The van der Waals surface area contributed by atoms with Crippen LogP contribution in [0.4, 0.5) is 6.01 Å². The maximum absolute atomic E-state index is 13.0. The zero-order valence-corrected chi connectivity index (χ0v) is 15.2. The Morgan fingerprint density at radius 3 is 2.77 bits per heavy atom. The molecule has 8 heteroatoms. The van der Waals surface area contributed by atoms with Gasteiger partial charge in [-0.3, -0.25) is 4.79 Å². The fourth-order valence-electron chi connectivity index (χ4n) is 5.03. The first-order valence-corrected chi connectivity index (χ1v) is 9.65. The number of rotatable bonds is 2. The number of likely N-dealkylation sites (tertiary alicyclic amines) is 1. The lowest BCUT2D eigenvalue weighted by Crippen LogP contribution is -2.53. The van der Waals surface area contributed by atoms with Gasteiger partial charge in [0, 0.05) is 44.4 Å². The topological polar surface area (TPSA) is 80.9 Å². The fourth-order valence-corrected chi connectivity index (χ4v) is 5.03. The molecule has 142 valence electrons. The number of piperidine rings is 1. The third kappa shape index (κ3) is 2.79. The minimum absolute atomic E-state index is 0.0622. The standard InChI is InChI=1S/C18H26N4O4/c1-12-19-20-17(26-12)22-5-6-24-11-18(10-22)3-2-4-21(9-18)16(23)15-13-7-25-8-14(13)15/h13-15H,2-11H2,1H3/t13-,14+,15?,18?. The highest BCUT2D eigenvalue weighted by Crippen LogP contribution is 2.52. The van der Waals surface area contributed by atoms with Crippen molar-refractivity contribution in [2.75, 3.05) is 57.5 Å². The molecule has 4 atom stereocenters. The number of carbonyl (C=O) groups excluding carboxylic acids is 1. The Labute approximate surface area is 152 Å². The molecule has 1 saturated carbocycles. The van der Waals surface area contributed by atoms with Crippen molar-refractivity contribution in [3.05, 3.63) is 5.89 Å². The Kier molecular flexibility index (Phi) is 3.93. The number of anilines is 1. The van der Waals surface area contributed by atoms with Crippen LogP contribution in [0.2, 0.25) is 0 Å². The van der Waals surface area contributed by atoms with Crippen LogP contribution in [0.25, 0.3) is 0 Å². The van der Waals surface area contributed by atoms with Crippen molar-refractivity contribution in [3.63, 3.8) is 0 Å². The molecule has 8 nitrogen and oxygen atoms in total. The molecule has 3 saturated heterocycles. The van der Waals surface area contributed by atoms with Crippen LogP contribution < -0.4 is 4.90 Å². The summed E-state index contributed by atoms with van der Waals surface area (Å²) < 4.78 is 17.0. The zero-order valence-electron chi connectivity index (χ0n) is 15.2. The lowest BCUT2D eigenvalue weighted by molar-refractivity contribution is -0.138. The summed E-state index contributed by atoms with van der Waals surface area (Å²) in [7, 11) is 0. The number of ether oxygens (including phenoxy) is 2. The second-order valence-corrected chi connectivity index (χ2v) is 8.33. The van der Waals surface area contributed by atoms with Gasteiger partial charge in [-0.25, -0.2) is 0 Å². The first-order chi connectivity index (χ1) is 12.7. The van der Waals surface area contributed by atoms with E-state index in [0.717, 1.165) is 52.2 Å². The molecule has 0 bridgehead atoms. The van der Waals surface area contributed by atoms with Gasteiger partial charge in [-0.2, -0.15) is 0 Å². The predicted octanol–water partition coefficient (Wildman–Crippen LogP) is 0.716. The van der Waals surface area contributed by atoms with Gasteiger partial charge in [0.1, 0.15) is 0 Å². The van der Waals surface area contributed by atoms with E-state index in [4.69, 9.17) is 13.9 Å². The van der Waals surface area contributed by atoms with Crippen molar-refractivity contribution in [3.8, 4) is 0 Å². The molecule has 1 spiro atoms. The second kappa shape index (κ2) is 6.20. The zero-order chi connectivity index (χ0) is 17.7. The molecule has 0 radical (unpaired) electrons. The fraction of sp³-hybridized carbons (Fsp3) is 0.833. The van der Waals surface area contributed by atoms with Crippen LogP contribution in [-0.2, 0) is 14.3 Å². The number of hydrogen-bond donors (Lipinski definition) is 0. The molecule has 26 heavy (non-hydrogen) atoms. The molecule has 4 fully saturated rings. The van der Waals surface area contributed by atoms with Gasteiger partial charge in [-0.05, 0) is 24.7 Å². The number of fused-ring (bicyclic) bond motifs is 1. The number of nitrogens with zero attached hydrogens (tertiary/aromatic N) is 4. The quantitative estimate of drug-likeness (QED) is 0.767. The average Bonchev–Trinajstić information content (AvgIpc) is 2.94. The lowest BCUT2D eigenvalue weighted by atomic mass is 9.80. The third-order valence-electron chi connectivity index (χ3n) is 6.44. The monoisotopic (exact) mass is 362 g/mol. The number of amides is 1. The van der Waals surface area contributed by atoms with Gasteiger partial charge in [0.25, 0.3) is 0 Å². The molecular weight excluding hydrogens is 336 g/mol. The molecule has 1 aromatic heterocycles. The maximum atomic E-state index is 13.0. The summed E-state index contributed by atoms with van der Waals surface area (Å²) in [6, 6.07) is 0.560. The first-order valence-electron chi connectivity index (χ1n) is 9.65. The summed E-state index contributed by atoms with van der Waals surface area (Å²) >= 11 is 0. The van der Waals surface area contributed by atoms with Gasteiger partial charge >= 0.3 is 6.01 Å². The molecule has 0 aromatic carbocycles. The van der Waals surface area contributed by atoms with E-state index in [1.54, 1.807) is 6.92 Å². The number of hydrogen-bond acceptors (Lipinski definition) is 7. The molecule has 0 N–H and O–H groups in total. The molecule has 1 amide bonds. The van der Waals surface area contributed by atoms with Crippen molar-refractivity contribution >= 4 is 11.9 Å². The number of aryl methyl sites for hydroxylation is 1. The van der Waals surface area contributed by atoms with Gasteiger partial charge < -0.3 is 23.7 Å². The minimum atomic E-state index is -0.0622. The van der Waals surface area contributed by atoms with Gasteiger partial charge in [-0.15, -0.1) is 5.10 Å². The molecule has 2 unspecified atom stereocenters. The highest BCUT2D eigenvalue weighted by molar-refractivity contribution is 5.82. The largest absolute Gasteiger partial charge is 0.408 e. The Hall–Kier alpha value is -1.67. The average molecular weight is 362 g/mol. The van der Waals surface area contributed by atoms with E-state index >= 15 is 0 Å². The van der Waals surface area contributed by atoms with E-state index in [1.807, 2.05) is 0 Å². The van der Waals surface area contributed by atoms with Gasteiger partial charge in [0.05, 0.1) is 26.4 Å². The molecule has 4 aliphatic rings. The van der Waals surface area contributed by atoms with E-state index in [9.17, 15) is 4.79 Å². The van der Waals surface area contributed by atoms with E-state index in [-0.39, 0.29) is 11.3 Å². The summed E-state index contributed by atoms with van der Waals surface area (Å²) in [6.07, 6.45) is 2.07. The van der Waals surface area contributed by atoms with E-state index < -0.39 is 0 Å². The summed E-state index contributed by atoms with van der Waals surface area (Å²) in [6.45, 7) is 7.78. The summed E-state index contributed by atoms with van der Waals surface area (Å²) in [5.74, 6) is 2.02. The van der Waals surface area contributed by atoms with E-state index in [0.29, 0.717) is 42.9 Å². The SMILES string of the molecule is Cc1nnc(N2CCOCC3(CCCN(C(=O)C4[C@H]5COC[C@@H]45)C3)C2)o1. The van der Waals surface area contributed by atoms with Crippen LogP contribution in [0.1, 0.15) is 18.7 Å². The molecule has 4 heterocycles. The smallest absolute Gasteiger partial charge is 0.318 e. The Morgan fingerprint density at radius 1 is 1.15 bits per heavy atom. The van der Waals surface area contributed by atoms with Crippen LogP contribution in [0.15, 0.2) is 4.42 Å². The number of aromatic nitrogens is 2. The molecular formula is C18H26N4O4. The summed E-state index contributed by atoms with van der Waals surface area (Å²) in [5.41, 5.74) is -0.0622.